The Kier molecular flexibility index (Phi) is 4.15. The molecule has 0 aliphatic heterocycles. The molecular formula is C11H18N2OS. The lowest BCUT2D eigenvalue weighted by Gasteiger charge is -2.06. The minimum atomic E-state index is -0.0684. The number of nitrogens with two attached hydrogens (primary N) is 1. The molecule has 0 fully saturated rings. The molecule has 0 saturated heterocycles. The molecule has 0 aromatic carbocycles. The van der Waals surface area contributed by atoms with Gasteiger partial charge in [-0.05, 0) is 26.3 Å². The van der Waals surface area contributed by atoms with Crippen LogP contribution in [0.1, 0.15) is 42.4 Å². The van der Waals surface area contributed by atoms with Crippen molar-refractivity contribution in [1.29, 1.82) is 0 Å². The molecule has 4 heteroatoms. The summed E-state index contributed by atoms with van der Waals surface area (Å²) in [5.74, 6) is -0.0684. The lowest BCUT2D eigenvalue weighted by atomic mass is 10.2. The molecule has 3 N–H and O–H groups in total. The number of aryl methyl sites for hydroxylation is 1. The first-order valence-electron chi connectivity index (χ1n) is 5.23. The fourth-order valence-electron chi connectivity index (χ4n) is 1.34. The predicted octanol–water partition coefficient (Wildman–Crippen LogP) is 2.42. The predicted molar refractivity (Wildman–Crippen MR) is 65.3 cm³/mol. The van der Waals surface area contributed by atoms with E-state index in [-0.39, 0.29) is 11.9 Å². The summed E-state index contributed by atoms with van der Waals surface area (Å²) < 4.78 is 0. The minimum Gasteiger partial charge on any atom is -0.390 e. The lowest BCUT2D eigenvalue weighted by molar-refractivity contribution is 0.0944. The highest BCUT2D eigenvalue weighted by molar-refractivity contribution is 7.16. The number of nitrogen functional groups attached to an aromatic ring is 1. The Hall–Kier alpha value is -1.03. The van der Waals surface area contributed by atoms with Gasteiger partial charge < -0.3 is 11.1 Å². The molecule has 0 aliphatic rings. The van der Waals surface area contributed by atoms with Gasteiger partial charge in [0.1, 0.15) is 0 Å². The second-order valence-corrected chi connectivity index (χ2v) is 5.04. The van der Waals surface area contributed by atoms with Crippen LogP contribution in [0.3, 0.4) is 0 Å². The molecular weight excluding hydrogens is 208 g/mol. The monoisotopic (exact) mass is 226 g/mol. The third-order valence-electron chi connectivity index (χ3n) is 1.97. The van der Waals surface area contributed by atoms with Crippen molar-refractivity contribution in [3.63, 3.8) is 0 Å². The molecule has 84 valence electrons. The van der Waals surface area contributed by atoms with Crippen LogP contribution in [0.5, 0.6) is 0 Å². The fourth-order valence-corrected chi connectivity index (χ4v) is 2.37. The van der Waals surface area contributed by atoms with E-state index in [1.807, 2.05) is 19.9 Å². The lowest BCUT2D eigenvalue weighted by Crippen LogP contribution is -2.30. The number of hydrogen-bond donors (Lipinski definition) is 2. The Morgan fingerprint density at radius 1 is 1.60 bits per heavy atom. The largest absolute Gasteiger partial charge is 0.390 e. The van der Waals surface area contributed by atoms with Crippen LogP contribution < -0.4 is 11.1 Å². The smallest absolute Gasteiger partial charge is 0.254 e. The van der Waals surface area contributed by atoms with E-state index >= 15 is 0 Å². The Morgan fingerprint density at radius 3 is 2.80 bits per heavy atom. The first-order chi connectivity index (χ1) is 7.04. The highest BCUT2D eigenvalue weighted by Gasteiger charge is 2.14. The number of anilines is 1. The molecule has 15 heavy (non-hydrogen) atoms. The van der Waals surface area contributed by atoms with Gasteiger partial charge in [0.25, 0.3) is 5.91 Å². The summed E-state index contributed by atoms with van der Waals surface area (Å²) in [5, 5.41) is 3.46. The van der Waals surface area contributed by atoms with Gasteiger partial charge in [-0.3, -0.25) is 4.79 Å². The number of rotatable bonds is 4. The molecule has 0 atom stereocenters. The van der Waals surface area contributed by atoms with Crippen molar-refractivity contribution in [2.45, 2.75) is 39.7 Å². The van der Waals surface area contributed by atoms with Gasteiger partial charge >= 0.3 is 0 Å². The zero-order valence-corrected chi connectivity index (χ0v) is 10.3. The van der Waals surface area contributed by atoms with Crippen LogP contribution in [0.2, 0.25) is 0 Å². The number of carbonyl (C=O) groups excluding carboxylic acids is 1. The molecule has 0 saturated carbocycles. The zero-order valence-electron chi connectivity index (χ0n) is 9.46. The van der Waals surface area contributed by atoms with E-state index in [0.717, 1.165) is 12.8 Å². The molecule has 3 nitrogen and oxygen atoms in total. The maximum absolute atomic E-state index is 11.7. The molecule has 0 radical (unpaired) electrons. The standard InChI is InChI=1S/C11H18N2OS/c1-4-5-8-6-9(10(12)15-8)11(14)13-7(2)3/h6-7H,4-5,12H2,1-3H3,(H,13,14). The summed E-state index contributed by atoms with van der Waals surface area (Å²) in [4.78, 5) is 12.9. The van der Waals surface area contributed by atoms with Gasteiger partial charge in [0, 0.05) is 10.9 Å². The first-order valence-corrected chi connectivity index (χ1v) is 6.05. The van der Waals surface area contributed by atoms with Crippen molar-refractivity contribution in [1.82, 2.24) is 5.32 Å². The van der Waals surface area contributed by atoms with Crippen LogP contribution in [-0.2, 0) is 6.42 Å². The van der Waals surface area contributed by atoms with Crippen LogP contribution in [0, 0.1) is 0 Å². The molecule has 1 rings (SSSR count). The Morgan fingerprint density at radius 2 is 2.27 bits per heavy atom. The highest BCUT2D eigenvalue weighted by Crippen LogP contribution is 2.25. The van der Waals surface area contributed by atoms with Crippen LogP contribution in [0.4, 0.5) is 5.00 Å². The van der Waals surface area contributed by atoms with Gasteiger partial charge in [0.2, 0.25) is 0 Å². The van der Waals surface area contributed by atoms with E-state index in [2.05, 4.69) is 12.2 Å². The van der Waals surface area contributed by atoms with Gasteiger partial charge in [-0.1, -0.05) is 13.3 Å². The first kappa shape index (κ1) is 12.0. The van der Waals surface area contributed by atoms with Gasteiger partial charge in [0.05, 0.1) is 10.6 Å². The average Bonchev–Trinajstić information content (AvgIpc) is 2.46. The molecule has 1 aromatic heterocycles. The molecule has 0 unspecified atom stereocenters. The van der Waals surface area contributed by atoms with E-state index in [1.165, 1.54) is 16.2 Å². The van der Waals surface area contributed by atoms with Crippen molar-refractivity contribution < 1.29 is 4.79 Å². The van der Waals surface area contributed by atoms with Gasteiger partial charge in [0.15, 0.2) is 0 Å². The summed E-state index contributed by atoms with van der Waals surface area (Å²) >= 11 is 1.51. The molecule has 1 heterocycles. The number of thiophene rings is 1. The van der Waals surface area contributed by atoms with Crippen LogP contribution >= 0.6 is 11.3 Å². The number of amides is 1. The third-order valence-corrected chi connectivity index (χ3v) is 3.00. The zero-order chi connectivity index (χ0) is 11.4. The van der Waals surface area contributed by atoms with Gasteiger partial charge in [-0.25, -0.2) is 0 Å². The van der Waals surface area contributed by atoms with Crippen LogP contribution in [0.15, 0.2) is 6.07 Å². The summed E-state index contributed by atoms with van der Waals surface area (Å²) in [7, 11) is 0. The third kappa shape index (κ3) is 3.23. The quantitative estimate of drug-likeness (QED) is 0.828. The molecule has 1 amide bonds. The van der Waals surface area contributed by atoms with E-state index in [4.69, 9.17) is 5.73 Å². The number of nitrogens with one attached hydrogen (secondary N) is 1. The van der Waals surface area contributed by atoms with E-state index < -0.39 is 0 Å². The van der Waals surface area contributed by atoms with E-state index in [0.29, 0.717) is 10.6 Å². The topological polar surface area (TPSA) is 55.1 Å². The highest BCUT2D eigenvalue weighted by atomic mass is 32.1. The average molecular weight is 226 g/mol. The van der Waals surface area contributed by atoms with Crippen LogP contribution in [-0.4, -0.2) is 11.9 Å². The minimum absolute atomic E-state index is 0.0684. The maximum Gasteiger partial charge on any atom is 0.254 e. The molecule has 1 aromatic rings. The molecule has 0 aliphatic carbocycles. The summed E-state index contributed by atoms with van der Waals surface area (Å²) in [6.07, 6.45) is 2.06. The molecule has 0 spiro atoms. The van der Waals surface area contributed by atoms with E-state index in [9.17, 15) is 4.79 Å². The Labute approximate surface area is 94.7 Å². The summed E-state index contributed by atoms with van der Waals surface area (Å²) in [6.45, 7) is 5.99. The Bertz CT molecular complexity index is 344. The SMILES string of the molecule is CCCc1cc(C(=O)NC(C)C)c(N)s1. The van der Waals surface area contributed by atoms with Crippen molar-refractivity contribution in [3.05, 3.63) is 16.5 Å². The summed E-state index contributed by atoms with van der Waals surface area (Å²) in [6, 6.07) is 2.05. The second-order valence-electron chi connectivity index (χ2n) is 3.87. The Balaban J connectivity index is 2.80. The summed E-state index contributed by atoms with van der Waals surface area (Å²) in [5.41, 5.74) is 6.43. The molecule has 0 bridgehead atoms. The van der Waals surface area contributed by atoms with Gasteiger partial charge in [-0.2, -0.15) is 0 Å². The second kappa shape index (κ2) is 5.16. The maximum atomic E-state index is 11.7. The van der Waals surface area contributed by atoms with Crippen molar-refractivity contribution >= 4 is 22.2 Å². The fraction of sp³-hybridized carbons (Fsp3) is 0.545. The van der Waals surface area contributed by atoms with Crippen molar-refractivity contribution in [2.24, 2.45) is 0 Å². The number of carbonyl (C=O) groups is 1. The number of hydrogen-bond acceptors (Lipinski definition) is 3. The normalized spacial score (nSPS) is 10.7. The van der Waals surface area contributed by atoms with E-state index in [1.54, 1.807) is 0 Å². The van der Waals surface area contributed by atoms with Gasteiger partial charge in [-0.15, -0.1) is 11.3 Å². The van der Waals surface area contributed by atoms with Crippen molar-refractivity contribution in [2.75, 3.05) is 5.73 Å². The van der Waals surface area contributed by atoms with Crippen molar-refractivity contribution in [3.8, 4) is 0 Å². The van der Waals surface area contributed by atoms with Crippen LogP contribution in [0.25, 0.3) is 0 Å².